The van der Waals surface area contributed by atoms with Gasteiger partial charge in [0, 0.05) is 6.92 Å². The second-order valence-corrected chi connectivity index (χ2v) is 7.51. The van der Waals surface area contributed by atoms with Crippen LogP contribution in [0.2, 0.25) is 0 Å². The molecule has 27 heavy (non-hydrogen) atoms. The minimum Gasteiger partial charge on any atom is -0.368 e. The van der Waals surface area contributed by atoms with Gasteiger partial charge >= 0.3 is 0 Å². The highest BCUT2D eigenvalue weighted by Gasteiger charge is 2.29. The molecule has 0 unspecified atom stereocenters. The van der Waals surface area contributed by atoms with Gasteiger partial charge in [0.2, 0.25) is 23.6 Å². The van der Waals surface area contributed by atoms with Crippen LogP contribution in [0.5, 0.6) is 0 Å². The van der Waals surface area contributed by atoms with E-state index >= 15 is 0 Å². The monoisotopic (exact) mass is 385 g/mol. The number of carbonyl (C=O) groups excluding carboxylic acids is 4. The Morgan fingerprint density at radius 1 is 0.889 bits per heavy atom. The lowest BCUT2D eigenvalue weighted by molar-refractivity contribution is -0.134. The molecular formula is C18H35N5O4. The van der Waals surface area contributed by atoms with Crippen LogP contribution in [0.15, 0.2) is 0 Å². The predicted octanol–water partition coefficient (Wildman–Crippen LogP) is -0.613. The maximum absolute atomic E-state index is 12.6. The Bertz CT molecular complexity index is 522. The molecule has 0 saturated heterocycles. The lowest BCUT2D eigenvalue weighted by Crippen LogP contribution is -2.57. The summed E-state index contributed by atoms with van der Waals surface area (Å²) in [5.74, 6) is -1.92. The molecule has 0 bridgehead atoms. The number of rotatable bonds is 12. The van der Waals surface area contributed by atoms with E-state index in [9.17, 15) is 19.2 Å². The Labute approximate surface area is 161 Å². The molecular weight excluding hydrogens is 350 g/mol. The SMILES string of the molecule is CC(=O)N[C@H](C(=O)N[C@@H](CCCN)C(=O)N[C@@H](CC(C)C)C(N)=O)C(C)C. The molecule has 0 aliphatic heterocycles. The van der Waals surface area contributed by atoms with E-state index in [1.54, 1.807) is 13.8 Å². The molecule has 0 aromatic heterocycles. The van der Waals surface area contributed by atoms with Gasteiger partial charge in [0.25, 0.3) is 0 Å². The zero-order valence-electron chi connectivity index (χ0n) is 17.0. The average Bonchev–Trinajstić information content (AvgIpc) is 2.54. The van der Waals surface area contributed by atoms with Crippen LogP contribution in [0.4, 0.5) is 0 Å². The van der Waals surface area contributed by atoms with Crippen molar-refractivity contribution in [1.82, 2.24) is 16.0 Å². The first kappa shape index (κ1) is 24.8. The molecule has 0 aliphatic rings. The van der Waals surface area contributed by atoms with Crippen molar-refractivity contribution in [3.63, 3.8) is 0 Å². The first-order valence-electron chi connectivity index (χ1n) is 9.36. The molecule has 0 heterocycles. The standard InChI is InChI=1S/C18H35N5O4/c1-10(2)9-14(16(20)25)23-17(26)13(7-6-8-19)22-18(27)15(11(3)4)21-12(5)24/h10-11,13-15H,6-9,19H2,1-5H3,(H2,20,25)(H,21,24)(H,22,27)(H,23,26)/t13-,14-,15-/m0/s1. The number of primary amides is 1. The Balaban J connectivity index is 5.22. The van der Waals surface area contributed by atoms with Crippen molar-refractivity contribution in [3.8, 4) is 0 Å². The molecule has 7 N–H and O–H groups in total. The fraction of sp³-hybridized carbons (Fsp3) is 0.778. The number of nitrogens with one attached hydrogen (secondary N) is 3. The van der Waals surface area contributed by atoms with Gasteiger partial charge in [-0.25, -0.2) is 0 Å². The van der Waals surface area contributed by atoms with Crippen molar-refractivity contribution in [1.29, 1.82) is 0 Å². The molecule has 0 rings (SSSR count). The fourth-order valence-corrected chi connectivity index (χ4v) is 2.60. The van der Waals surface area contributed by atoms with Gasteiger partial charge in [-0.2, -0.15) is 0 Å². The van der Waals surface area contributed by atoms with Crippen LogP contribution in [0.25, 0.3) is 0 Å². The molecule has 0 aliphatic carbocycles. The van der Waals surface area contributed by atoms with Crippen molar-refractivity contribution >= 4 is 23.6 Å². The maximum atomic E-state index is 12.6. The topological polar surface area (TPSA) is 156 Å². The van der Waals surface area contributed by atoms with Gasteiger partial charge in [-0.3, -0.25) is 19.2 Å². The number of carbonyl (C=O) groups is 4. The van der Waals surface area contributed by atoms with E-state index < -0.39 is 35.8 Å². The number of nitrogens with two attached hydrogens (primary N) is 2. The summed E-state index contributed by atoms with van der Waals surface area (Å²) in [6, 6.07) is -2.45. The fourth-order valence-electron chi connectivity index (χ4n) is 2.60. The minimum absolute atomic E-state index is 0.157. The molecule has 3 atom stereocenters. The van der Waals surface area contributed by atoms with E-state index in [-0.39, 0.29) is 17.7 Å². The van der Waals surface area contributed by atoms with Gasteiger partial charge in [-0.05, 0) is 37.6 Å². The lowest BCUT2D eigenvalue weighted by Gasteiger charge is -2.26. The highest BCUT2D eigenvalue weighted by molar-refractivity contribution is 5.93. The van der Waals surface area contributed by atoms with E-state index in [0.29, 0.717) is 25.8 Å². The zero-order valence-corrected chi connectivity index (χ0v) is 17.0. The van der Waals surface area contributed by atoms with Crippen LogP contribution in [-0.4, -0.2) is 48.3 Å². The van der Waals surface area contributed by atoms with E-state index in [0.717, 1.165) is 0 Å². The summed E-state index contributed by atoms with van der Waals surface area (Å²) in [5.41, 5.74) is 10.9. The predicted molar refractivity (Wildman–Crippen MR) is 103 cm³/mol. The van der Waals surface area contributed by atoms with Gasteiger partial charge in [0.05, 0.1) is 0 Å². The summed E-state index contributed by atoms with van der Waals surface area (Å²) < 4.78 is 0. The summed E-state index contributed by atoms with van der Waals surface area (Å²) in [7, 11) is 0. The molecule has 0 spiro atoms. The molecule has 0 aromatic carbocycles. The zero-order chi connectivity index (χ0) is 21.1. The number of hydrogen-bond acceptors (Lipinski definition) is 5. The minimum atomic E-state index is -0.870. The van der Waals surface area contributed by atoms with Gasteiger partial charge in [-0.15, -0.1) is 0 Å². The molecule has 9 nitrogen and oxygen atoms in total. The first-order chi connectivity index (χ1) is 12.5. The van der Waals surface area contributed by atoms with Gasteiger partial charge in [0.1, 0.15) is 18.1 Å². The molecule has 0 fully saturated rings. The number of hydrogen-bond donors (Lipinski definition) is 5. The van der Waals surface area contributed by atoms with E-state index in [1.165, 1.54) is 6.92 Å². The van der Waals surface area contributed by atoms with Crippen molar-refractivity contribution in [2.75, 3.05) is 6.54 Å². The van der Waals surface area contributed by atoms with Crippen molar-refractivity contribution in [2.24, 2.45) is 23.3 Å². The second kappa shape index (κ2) is 12.3. The quantitative estimate of drug-likeness (QED) is 0.303. The largest absolute Gasteiger partial charge is 0.368 e. The molecule has 156 valence electrons. The lowest BCUT2D eigenvalue weighted by atomic mass is 10.0. The van der Waals surface area contributed by atoms with E-state index in [2.05, 4.69) is 16.0 Å². The van der Waals surface area contributed by atoms with Crippen molar-refractivity contribution in [2.45, 2.75) is 72.0 Å². The van der Waals surface area contributed by atoms with Crippen molar-refractivity contribution < 1.29 is 19.2 Å². The molecule has 9 heteroatoms. The van der Waals surface area contributed by atoms with Gasteiger partial charge in [-0.1, -0.05) is 27.7 Å². The van der Waals surface area contributed by atoms with E-state index in [1.807, 2.05) is 13.8 Å². The first-order valence-corrected chi connectivity index (χ1v) is 9.36. The Kier molecular flexibility index (Phi) is 11.3. The van der Waals surface area contributed by atoms with Crippen LogP contribution in [0, 0.1) is 11.8 Å². The highest BCUT2D eigenvalue weighted by Crippen LogP contribution is 2.07. The summed E-state index contributed by atoms with van der Waals surface area (Å²) in [4.78, 5) is 48.1. The molecule has 0 saturated carbocycles. The normalized spacial score (nSPS) is 14.4. The van der Waals surface area contributed by atoms with Gasteiger partial charge in [0.15, 0.2) is 0 Å². The molecule has 0 radical (unpaired) electrons. The van der Waals surface area contributed by atoms with E-state index in [4.69, 9.17) is 11.5 Å². The number of amides is 4. The third kappa shape index (κ3) is 9.93. The third-order valence-electron chi connectivity index (χ3n) is 4.00. The Hall–Kier alpha value is -2.16. The van der Waals surface area contributed by atoms with Crippen LogP contribution in [-0.2, 0) is 19.2 Å². The smallest absolute Gasteiger partial charge is 0.243 e. The van der Waals surface area contributed by atoms with Crippen LogP contribution in [0.3, 0.4) is 0 Å². The summed E-state index contributed by atoms with van der Waals surface area (Å²) in [6.45, 7) is 9.09. The Morgan fingerprint density at radius 3 is 1.85 bits per heavy atom. The molecule has 4 amide bonds. The maximum Gasteiger partial charge on any atom is 0.243 e. The highest BCUT2D eigenvalue weighted by atomic mass is 16.2. The van der Waals surface area contributed by atoms with Crippen LogP contribution < -0.4 is 27.4 Å². The summed E-state index contributed by atoms with van der Waals surface area (Å²) in [5, 5.41) is 7.86. The summed E-state index contributed by atoms with van der Waals surface area (Å²) >= 11 is 0. The van der Waals surface area contributed by atoms with Crippen LogP contribution in [0.1, 0.15) is 53.9 Å². The summed E-state index contributed by atoms with van der Waals surface area (Å²) in [6.07, 6.45) is 1.22. The molecule has 0 aromatic rings. The van der Waals surface area contributed by atoms with Crippen molar-refractivity contribution in [3.05, 3.63) is 0 Å². The third-order valence-corrected chi connectivity index (χ3v) is 4.00. The second-order valence-electron chi connectivity index (χ2n) is 7.51. The van der Waals surface area contributed by atoms with Gasteiger partial charge < -0.3 is 27.4 Å². The Morgan fingerprint density at radius 2 is 1.44 bits per heavy atom. The average molecular weight is 386 g/mol. The van der Waals surface area contributed by atoms with Crippen LogP contribution >= 0.6 is 0 Å².